The first kappa shape index (κ1) is 22.3. The van der Waals surface area contributed by atoms with Crippen LogP contribution in [0, 0.1) is 13.8 Å². The number of amides is 1. The van der Waals surface area contributed by atoms with Gasteiger partial charge in [-0.15, -0.1) is 0 Å². The van der Waals surface area contributed by atoms with Crippen LogP contribution in [0.3, 0.4) is 0 Å². The average molecular weight is 451 g/mol. The van der Waals surface area contributed by atoms with E-state index in [9.17, 15) is 22.8 Å². The van der Waals surface area contributed by atoms with Crippen molar-refractivity contribution < 1.29 is 18.0 Å². The first-order valence-corrected chi connectivity index (χ1v) is 10.2. The van der Waals surface area contributed by atoms with Gasteiger partial charge in [-0.2, -0.15) is 13.2 Å². The number of halogens is 3. The maximum Gasteiger partial charge on any atom is 0.416 e. The number of hydrogen-bond donors (Lipinski definition) is 1. The summed E-state index contributed by atoms with van der Waals surface area (Å²) in [4.78, 5) is 29.9. The van der Waals surface area contributed by atoms with E-state index in [1.54, 1.807) is 55.7 Å². The minimum atomic E-state index is -4.49. The molecule has 0 fully saturated rings. The Morgan fingerprint density at radius 3 is 2.55 bits per heavy atom. The van der Waals surface area contributed by atoms with Gasteiger partial charge in [-0.25, -0.2) is 0 Å². The van der Waals surface area contributed by atoms with Gasteiger partial charge in [0.05, 0.1) is 23.4 Å². The Morgan fingerprint density at radius 2 is 1.82 bits per heavy atom. The molecule has 2 aromatic carbocycles. The second-order valence-electron chi connectivity index (χ2n) is 7.74. The number of aryl methyl sites for hydroxylation is 2. The molecule has 0 bridgehead atoms. The summed E-state index contributed by atoms with van der Waals surface area (Å²) in [7, 11) is 0. The van der Waals surface area contributed by atoms with E-state index in [1.807, 2.05) is 0 Å². The quantitative estimate of drug-likeness (QED) is 0.464. The molecule has 0 spiro atoms. The number of rotatable bonds is 4. The van der Waals surface area contributed by atoms with Gasteiger partial charge < -0.3 is 5.32 Å². The predicted molar refractivity (Wildman–Crippen MR) is 121 cm³/mol. The van der Waals surface area contributed by atoms with E-state index in [0.717, 1.165) is 6.07 Å². The maximum absolute atomic E-state index is 13.2. The number of carbonyl (C=O) groups excluding carboxylic acids is 1. The molecular formula is C25H20F3N3O2. The molecule has 33 heavy (non-hydrogen) atoms. The monoisotopic (exact) mass is 451 g/mol. The molecule has 0 saturated carbocycles. The van der Waals surface area contributed by atoms with Crippen LogP contribution in [-0.4, -0.2) is 15.5 Å². The first-order chi connectivity index (χ1) is 15.6. The number of anilines is 1. The number of carbonyl (C=O) groups is 1. The number of hydrogen-bond acceptors (Lipinski definition) is 3. The van der Waals surface area contributed by atoms with Crippen molar-refractivity contribution >= 4 is 22.4 Å². The van der Waals surface area contributed by atoms with Crippen molar-refractivity contribution in [2.24, 2.45) is 0 Å². The van der Waals surface area contributed by atoms with Crippen molar-refractivity contribution in [1.29, 1.82) is 0 Å². The van der Waals surface area contributed by atoms with Gasteiger partial charge in [-0.3, -0.25) is 19.1 Å². The highest BCUT2D eigenvalue weighted by Crippen LogP contribution is 2.32. The molecule has 0 unspecified atom stereocenters. The van der Waals surface area contributed by atoms with Crippen molar-refractivity contribution in [3.05, 3.63) is 99.7 Å². The van der Waals surface area contributed by atoms with Crippen LogP contribution in [0.4, 0.5) is 18.9 Å². The smallest absolute Gasteiger partial charge is 0.325 e. The third-order valence-corrected chi connectivity index (χ3v) is 5.43. The summed E-state index contributed by atoms with van der Waals surface area (Å²) in [6.45, 7) is 3.18. The standard InChI is InChI=1S/C25H20F3N3O2/c1-15-8-9-17(13-20(15)25(26,27)28)14-23(32)30-21-6-3-5-19-18(21)10-12-31(24(19)33)22-7-4-11-29-16(22)2/h3-13H,14H2,1-2H3,(H,30,32). The Bertz CT molecular complexity index is 1420. The largest absolute Gasteiger partial charge is 0.416 e. The lowest BCUT2D eigenvalue weighted by Crippen LogP contribution is -2.20. The highest BCUT2D eigenvalue weighted by Gasteiger charge is 2.32. The molecule has 2 heterocycles. The average Bonchev–Trinajstić information content (AvgIpc) is 2.76. The van der Waals surface area contributed by atoms with E-state index in [-0.39, 0.29) is 23.1 Å². The lowest BCUT2D eigenvalue weighted by atomic mass is 10.0. The van der Waals surface area contributed by atoms with Crippen LogP contribution in [0.2, 0.25) is 0 Å². The summed E-state index contributed by atoms with van der Waals surface area (Å²) < 4.78 is 41.0. The van der Waals surface area contributed by atoms with E-state index in [1.165, 1.54) is 23.6 Å². The predicted octanol–water partition coefficient (Wildman–Crippen LogP) is 5.20. The molecule has 8 heteroatoms. The zero-order valence-electron chi connectivity index (χ0n) is 17.9. The fraction of sp³-hybridized carbons (Fsp3) is 0.160. The summed E-state index contributed by atoms with van der Waals surface area (Å²) in [5, 5.41) is 3.66. The van der Waals surface area contributed by atoms with Crippen molar-refractivity contribution in [2.75, 3.05) is 5.32 Å². The minimum absolute atomic E-state index is 0.0980. The summed E-state index contributed by atoms with van der Waals surface area (Å²) in [6, 6.07) is 14.0. The van der Waals surface area contributed by atoms with Crippen molar-refractivity contribution in [3.8, 4) is 5.69 Å². The molecule has 4 aromatic rings. The summed E-state index contributed by atoms with van der Waals surface area (Å²) in [5.41, 5.74) is 1.07. The van der Waals surface area contributed by atoms with Crippen LogP contribution >= 0.6 is 0 Å². The number of nitrogens with one attached hydrogen (secondary N) is 1. The van der Waals surface area contributed by atoms with E-state index < -0.39 is 17.6 Å². The van der Waals surface area contributed by atoms with E-state index in [2.05, 4.69) is 10.3 Å². The molecule has 0 radical (unpaired) electrons. The van der Waals surface area contributed by atoms with Crippen molar-refractivity contribution in [1.82, 2.24) is 9.55 Å². The first-order valence-electron chi connectivity index (χ1n) is 10.2. The number of aromatic nitrogens is 2. The van der Waals surface area contributed by atoms with E-state index in [4.69, 9.17) is 0 Å². The summed E-state index contributed by atoms with van der Waals surface area (Å²) in [5.74, 6) is -0.480. The third-order valence-electron chi connectivity index (χ3n) is 5.43. The molecule has 0 atom stereocenters. The Labute approximate surface area is 187 Å². The number of benzene rings is 2. The number of pyridine rings is 2. The molecule has 2 aromatic heterocycles. The molecule has 0 aliphatic rings. The summed E-state index contributed by atoms with van der Waals surface area (Å²) in [6.07, 6.45) is -1.46. The third kappa shape index (κ3) is 4.50. The number of alkyl halides is 3. The molecule has 168 valence electrons. The Hall–Kier alpha value is -3.94. The Morgan fingerprint density at radius 1 is 1.03 bits per heavy atom. The van der Waals surface area contributed by atoms with Crippen LogP contribution < -0.4 is 10.9 Å². The summed E-state index contributed by atoms with van der Waals surface area (Å²) >= 11 is 0. The topological polar surface area (TPSA) is 64.0 Å². The Kier molecular flexibility index (Phi) is 5.76. The zero-order chi connectivity index (χ0) is 23.8. The van der Waals surface area contributed by atoms with Gasteiger partial charge >= 0.3 is 6.18 Å². The van der Waals surface area contributed by atoms with Crippen molar-refractivity contribution in [2.45, 2.75) is 26.4 Å². The SMILES string of the molecule is Cc1ccc(CC(=O)Nc2cccc3c(=O)n(-c4cccnc4C)ccc23)cc1C(F)(F)F. The molecule has 5 nitrogen and oxygen atoms in total. The second kappa shape index (κ2) is 8.54. The van der Waals surface area contributed by atoms with Gasteiger partial charge in [-0.1, -0.05) is 18.2 Å². The van der Waals surface area contributed by atoms with Crippen LogP contribution in [0.15, 0.2) is 71.8 Å². The van der Waals surface area contributed by atoms with Crippen LogP contribution in [0.1, 0.15) is 22.4 Å². The molecule has 0 saturated heterocycles. The van der Waals surface area contributed by atoms with Gasteiger partial charge in [0.2, 0.25) is 5.91 Å². The normalized spacial score (nSPS) is 11.5. The molecular weight excluding hydrogens is 431 g/mol. The van der Waals surface area contributed by atoms with Crippen molar-refractivity contribution in [3.63, 3.8) is 0 Å². The lowest BCUT2D eigenvalue weighted by Gasteiger charge is -2.13. The fourth-order valence-electron chi connectivity index (χ4n) is 3.77. The van der Waals surface area contributed by atoms with Crippen LogP contribution in [0.5, 0.6) is 0 Å². The number of nitrogens with zero attached hydrogens (tertiary/aromatic N) is 2. The fourth-order valence-corrected chi connectivity index (χ4v) is 3.77. The molecule has 4 rings (SSSR count). The molecule has 0 aliphatic carbocycles. The van der Waals surface area contributed by atoms with E-state index >= 15 is 0 Å². The number of fused-ring (bicyclic) bond motifs is 1. The van der Waals surface area contributed by atoms with Crippen LogP contribution in [-0.2, 0) is 17.4 Å². The van der Waals surface area contributed by atoms with E-state index in [0.29, 0.717) is 27.8 Å². The highest BCUT2D eigenvalue weighted by molar-refractivity contribution is 6.02. The van der Waals surface area contributed by atoms with Gasteiger partial charge in [0.25, 0.3) is 5.56 Å². The maximum atomic E-state index is 13.2. The van der Waals surface area contributed by atoms with Gasteiger partial charge in [0.1, 0.15) is 0 Å². The van der Waals surface area contributed by atoms with Gasteiger partial charge in [-0.05, 0) is 61.4 Å². The zero-order valence-corrected chi connectivity index (χ0v) is 17.9. The second-order valence-corrected chi connectivity index (χ2v) is 7.74. The van der Waals surface area contributed by atoms with Crippen LogP contribution in [0.25, 0.3) is 16.5 Å². The highest BCUT2D eigenvalue weighted by atomic mass is 19.4. The van der Waals surface area contributed by atoms with Gasteiger partial charge in [0, 0.05) is 28.9 Å². The molecule has 1 N–H and O–H groups in total. The lowest BCUT2D eigenvalue weighted by molar-refractivity contribution is -0.138. The van der Waals surface area contributed by atoms with Gasteiger partial charge in [0.15, 0.2) is 0 Å². The minimum Gasteiger partial charge on any atom is -0.325 e. The molecule has 0 aliphatic heterocycles. The Balaban J connectivity index is 1.64. The molecule has 1 amide bonds.